The number of benzene rings is 1. The zero-order valence-electron chi connectivity index (χ0n) is 20.7. The average Bonchev–Trinajstić information content (AvgIpc) is 3.16. The van der Waals surface area contributed by atoms with Crippen LogP contribution >= 0.6 is 22.6 Å². The lowest BCUT2D eigenvalue weighted by Crippen LogP contribution is -2.63. The van der Waals surface area contributed by atoms with Gasteiger partial charge in [-0.05, 0) is 32.3 Å². The van der Waals surface area contributed by atoms with Crippen LogP contribution in [0, 0.1) is 0 Å². The van der Waals surface area contributed by atoms with Crippen LogP contribution in [0.25, 0.3) is 0 Å². The predicted molar refractivity (Wildman–Crippen MR) is 138 cm³/mol. The monoisotopic (exact) mass is 604 g/mol. The molecule has 5 unspecified atom stereocenters. The van der Waals surface area contributed by atoms with Crippen LogP contribution in [-0.4, -0.2) is 66.0 Å². The number of alkyl carbamates (subject to hydrolysis) is 1. The highest BCUT2D eigenvalue weighted by atomic mass is 127. The highest BCUT2D eigenvalue weighted by molar-refractivity contribution is 14.1. The molecule has 2 aliphatic rings. The topological polar surface area (TPSA) is 104 Å². The maximum absolute atomic E-state index is 11.8. The molecule has 0 aromatic heterocycles. The standard InChI is InChI=1S/C25H37IN2O7/c1-17(29)28-20-22-21(34-25(2,3)35-22)19(15-26)33-23(20)31-14-10-5-4-9-13-27-24(30)32-16-18-11-7-6-8-12-18/h6-8,11-12,19-23H,4-5,9-10,13-16H2,1-3H3,(H,27,30)(H,28,29). The van der Waals surface area contributed by atoms with E-state index in [1.54, 1.807) is 0 Å². The van der Waals surface area contributed by atoms with Gasteiger partial charge in [-0.15, -0.1) is 0 Å². The van der Waals surface area contributed by atoms with Crippen molar-refractivity contribution in [2.24, 2.45) is 0 Å². The third-order valence-corrected chi connectivity index (χ3v) is 6.71. The minimum absolute atomic E-state index is 0.165. The van der Waals surface area contributed by atoms with Gasteiger partial charge in [0, 0.05) is 24.5 Å². The van der Waals surface area contributed by atoms with E-state index in [1.165, 1.54) is 6.92 Å². The molecule has 35 heavy (non-hydrogen) atoms. The lowest BCUT2D eigenvalue weighted by Gasteiger charge is -2.41. The van der Waals surface area contributed by atoms with Gasteiger partial charge in [0.15, 0.2) is 12.1 Å². The maximum atomic E-state index is 11.8. The van der Waals surface area contributed by atoms with Crippen LogP contribution in [0.1, 0.15) is 52.0 Å². The van der Waals surface area contributed by atoms with Crippen LogP contribution in [0.5, 0.6) is 0 Å². The van der Waals surface area contributed by atoms with Crippen molar-refractivity contribution in [3.63, 3.8) is 0 Å². The first-order valence-electron chi connectivity index (χ1n) is 12.2. The van der Waals surface area contributed by atoms with Gasteiger partial charge in [-0.25, -0.2) is 4.79 Å². The molecule has 0 spiro atoms. The third kappa shape index (κ3) is 8.85. The molecule has 0 radical (unpaired) electrons. The predicted octanol–water partition coefficient (Wildman–Crippen LogP) is 3.67. The van der Waals surface area contributed by atoms with Gasteiger partial charge in [0.2, 0.25) is 5.91 Å². The van der Waals surface area contributed by atoms with Crippen molar-refractivity contribution in [1.29, 1.82) is 0 Å². The Balaban J connectivity index is 1.33. The van der Waals surface area contributed by atoms with Gasteiger partial charge in [-0.2, -0.15) is 0 Å². The largest absolute Gasteiger partial charge is 0.445 e. The van der Waals surface area contributed by atoms with Gasteiger partial charge in [-0.3, -0.25) is 4.79 Å². The molecule has 2 fully saturated rings. The molecule has 196 valence electrons. The Morgan fingerprint density at radius 3 is 2.49 bits per heavy atom. The quantitative estimate of drug-likeness (QED) is 0.213. The van der Waals surface area contributed by atoms with E-state index in [4.69, 9.17) is 23.7 Å². The molecule has 1 aromatic carbocycles. The van der Waals surface area contributed by atoms with E-state index in [1.807, 2.05) is 44.2 Å². The molecular weight excluding hydrogens is 567 g/mol. The summed E-state index contributed by atoms with van der Waals surface area (Å²) in [6.07, 6.45) is 1.84. The van der Waals surface area contributed by atoms with Crippen LogP contribution in [0.15, 0.2) is 30.3 Å². The Kier molecular flexibility index (Phi) is 11.0. The van der Waals surface area contributed by atoms with Gasteiger partial charge in [-0.1, -0.05) is 65.8 Å². The summed E-state index contributed by atoms with van der Waals surface area (Å²) in [5.41, 5.74) is 0.960. The van der Waals surface area contributed by atoms with Gasteiger partial charge in [0.25, 0.3) is 0 Å². The maximum Gasteiger partial charge on any atom is 0.407 e. The smallest absolute Gasteiger partial charge is 0.407 e. The third-order valence-electron chi connectivity index (χ3n) is 5.84. The molecule has 2 saturated heterocycles. The van der Waals surface area contributed by atoms with Gasteiger partial charge in [0.05, 0.1) is 6.10 Å². The SMILES string of the molecule is CC(=O)NC1C(OCCCCCCNC(=O)OCc2ccccc2)OC(CI)C2OC(C)(C)OC12. The molecule has 2 heterocycles. The number of fused-ring (bicyclic) bond motifs is 1. The van der Waals surface area contributed by atoms with Crippen LogP contribution in [0.2, 0.25) is 0 Å². The first-order valence-corrected chi connectivity index (χ1v) is 13.7. The van der Waals surface area contributed by atoms with Crippen LogP contribution < -0.4 is 10.6 Å². The zero-order chi connectivity index (χ0) is 25.3. The fraction of sp³-hybridized carbons (Fsp3) is 0.680. The van der Waals surface area contributed by atoms with E-state index < -0.39 is 24.2 Å². The van der Waals surface area contributed by atoms with Crippen molar-refractivity contribution >= 4 is 34.6 Å². The van der Waals surface area contributed by atoms with Crippen molar-refractivity contribution in [3.05, 3.63) is 35.9 Å². The Morgan fingerprint density at radius 1 is 1.06 bits per heavy atom. The molecular formula is C25H37IN2O7. The molecule has 10 heteroatoms. The normalized spacial score (nSPS) is 27.1. The van der Waals surface area contributed by atoms with Gasteiger partial charge >= 0.3 is 6.09 Å². The number of rotatable bonds is 12. The van der Waals surface area contributed by atoms with E-state index in [0.717, 1.165) is 35.7 Å². The zero-order valence-corrected chi connectivity index (χ0v) is 22.8. The van der Waals surface area contributed by atoms with Crippen LogP contribution in [-0.2, 0) is 35.1 Å². The molecule has 2 N–H and O–H groups in total. The molecule has 0 aliphatic carbocycles. The lowest BCUT2D eigenvalue weighted by atomic mass is 9.97. The van der Waals surface area contributed by atoms with Crippen molar-refractivity contribution in [1.82, 2.24) is 10.6 Å². The summed E-state index contributed by atoms with van der Waals surface area (Å²) in [7, 11) is 0. The Morgan fingerprint density at radius 2 is 1.77 bits per heavy atom. The number of hydrogen-bond acceptors (Lipinski definition) is 7. The lowest BCUT2D eigenvalue weighted by molar-refractivity contribution is -0.238. The van der Waals surface area contributed by atoms with E-state index in [2.05, 4.69) is 33.2 Å². The summed E-state index contributed by atoms with van der Waals surface area (Å²) in [5, 5.41) is 5.72. The van der Waals surface area contributed by atoms with E-state index in [-0.39, 0.29) is 30.8 Å². The summed E-state index contributed by atoms with van der Waals surface area (Å²) in [4.78, 5) is 23.6. The molecule has 5 atom stereocenters. The number of hydrogen-bond donors (Lipinski definition) is 2. The first kappa shape index (κ1) is 28.1. The second-order valence-electron chi connectivity index (χ2n) is 9.26. The van der Waals surface area contributed by atoms with Gasteiger partial charge in [0.1, 0.15) is 24.9 Å². The van der Waals surface area contributed by atoms with Crippen LogP contribution in [0.4, 0.5) is 4.79 Å². The number of carbonyl (C=O) groups excluding carboxylic acids is 2. The number of carbonyl (C=O) groups is 2. The summed E-state index contributed by atoms with van der Waals surface area (Å²) in [5.74, 6) is -0.905. The number of nitrogens with one attached hydrogen (secondary N) is 2. The highest BCUT2D eigenvalue weighted by Gasteiger charge is 2.55. The van der Waals surface area contributed by atoms with Gasteiger partial charge < -0.3 is 34.3 Å². The average molecular weight is 604 g/mol. The minimum atomic E-state index is -0.740. The Labute approximate surface area is 221 Å². The van der Waals surface area contributed by atoms with Crippen molar-refractivity contribution < 1.29 is 33.3 Å². The molecule has 2 aliphatic heterocycles. The second-order valence-corrected chi connectivity index (χ2v) is 10.1. The molecule has 9 nitrogen and oxygen atoms in total. The van der Waals surface area contributed by atoms with E-state index in [0.29, 0.717) is 13.2 Å². The number of unbranched alkanes of at least 4 members (excludes halogenated alkanes) is 3. The number of amides is 2. The molecule has 0 bridgehead atoms. The Bertz CT molecular complexity index is 810. The molecule has 3 rings (SSSR count). The molecule has 2 amide bonds. The van der Waals surface area contributed by atoms with E-state index in [9.17, 15) is 9.59 Å². The van der Waals surface area contributed by atoms with E-state index >= 15 is 0 Å². The number of halogens is 1. The molecule has 0 saturated carbocycles. The van der Waals surface area contributed by atoms with Crippen molar-refractivity contribution in [2.75, 3.05) is 17.6 Å². The fourth-order valence-electron chi connectivity index (χ4n) is 4.27. The number of ether oxygens (including phenoxy) is 5. The minimum Gasteiger partial charge on any atom is -0.445 e. The first-order chi connectivity index (χ1) is 16.8. The molecule has 1 aromatic rings. The summed E-state index contributed by atoms with van der Waals surface area (Å²) in [6.45, 7) is 6.55. The van der Waals surface area contributed by atoms with Crippen LogP contribution in [0.3, 0.4) is 0 Å². The van der Waals surface area contributed by atoms with Crippen molar-refractivity contribution in [3.8, 4) is 0 Å². The Hall–Kier alpha value is -1.47. The fourth-order valence-corrected chi connectivity index (χ4v) is 4.98. The van der Waals surface area contributed by atoms with Crippen molar-refractivity contribution in [2.45, 2.75) is 89.5 Å². The summed E-state index contributed by atoms with van der Waals surface area (Å²) < 4.78 is 30.3. The second kappa shape index (κ2) is 13.7. The highest BCUT2D eigenvalue weighted by Crippen LogP contribution is 2.38. The summed E-state index contributed by atoms with van der Waals surface area (Å²) >= 11 is 2.27. The summed E-state index contributed by atoms with van der Waals surface area (Å²) in [6, 6.07) is 9.15. The number of alkyl halides is 1.